The Morgan fingerprint density at radius 2 is 2.22 bits per heavy atom. The molecule has 122 valence electrons. The summed E-state index contributed by atoms with van der Waals surface area (Å²) in [4.78, 5) is 24.5. The number of hydrogen-bond donors (Lipinski definition) is 0. The van der Waals surface area contributed by atoms with E-state index in [9.17, 15) is 4.79 Å². The average Bonchev–Trinajstić information content (AvgIpc) is 3.08. The minimum absolute atomic E-state index is 0.170. The molecule has 0 aromatic carbocycles. The normalized spacial score (nSPS) is 18.0. The third kappa shape index (κ3) is 3.34. The second-order valence-corrected chi connectivity index (χ2v) is 5.76. The second kappa shape index (κ2) is 6.37. The van der Waals surface area contributed by atoms with Gasteiger partial charge in [0.2, 0.25) is 5.76 Å². The van der Waals surface area contributed by atoms with Gasteiger partial charge in [-0.2, -0.15) is 0 Å². The van der Waals surface area contributed by atoms with E-state index in [1.165, 1.54) is 12.6 Å². The quantitative estimate of drug-likeness (QED) is 0.857. The number of aromatic nitrogens is 2. The Morgan fingerprint density at radius 3 is 2.91 bits per heavy atom. The van der Waals surface area contributed by atoms with Crippen molar-refractivity contribution in [2.45, 2.75) is 13.0 Å². The first kappa shape index (κ1) is 15.5. The second-order valence-electron chi connectivity index (χ2n) is 5.76. The van der Waals surface area contributed by atoms with E-state index >= 15 is 0 Å². The maximum atomic E-state index is 12.4. The summed E-state index contributed by atoms with van der Waals surface area (Å²) in [6.45, 7) is 3.40. The van der Waals surface area contributed by atoms with Crippen LogP contribution in [0.2, 0.25) is 0 Å². The van der Waals surface area contributed by atoms with Crippen LogP contribution >= 0.6 is 0 Å². The van der Waals surface area contributed by atoms with Crippen molar-refractivity contribution in [1.29, 1.82) is 0 Å². The third-order valence-corrected chi connectivity index (χ3v) is 3.80. The van der Waals surface area contributed by atoms with Crippen LogP contribution in [0, 0.1) is 6.92 Å². The predicted octanol–water partition coefficient (Wildman–Crippen LogP) is 1.66. The Balaban J connectivity index is 1.80. The highest BCUT2D eigenvalue weighted by molar-refractivity contribution is 5.91. The molecule has 1 aliphatic heterocycles. The van der Waals surface area contributed by atoms with Crippen LogP contribution in [-0.4, -0.2) is 54.6 Å². The fraction of sp³-hybridized carbons (Fsp3) is 0.438. The monoisotopic (exact) mass is 316 g/mol. The number of oxazole rings is 1. The average molecular weight is 316 g/mol. The summed E-state index contributed by atoms with van der Waals surface area (Å²) in [5.74, 6) is 0.0770. The van der Waals surface area contributed by atoms with Crippen LogP contribution in [0.4, 0.5) is 5.69 Å². The summed E-state index contributed by atoms with van der Waals surface area (Å²) >= 11 is 0. The number of hydrogen-bond acceptors (Lipinski definition) is 6. The van der Waals surface area contributed by atoms with Gasteiger partial charge in [-0.3, -0.25) is 9.78 Å². The molecule has 1 fully saturated rings. The van der Waals surface area contributed by atoms with Crippen LogP contribution < -0.4 is 4.90 Å². The van der Waals surface area contributed by atoms with Gasteiger partial charge in [0.15, 0.2) is 6.39 Å². The van der Waals surface area contributed by atoms with E-state index in [1.54, 1.807) is 4.90 Å². The van der Waals surface area contributed by atoms with E-state index in [4.69, 9.17) is 9.15 Å². The van der Waals surface area contributed by atoms with Crippen molar-refractivity contribution in [3.63, 3.8) is 0 Å². The van der Waals surface area contributed by atoms with Crippen molar-refractivity contribution in [3.05, 3.63) is 41.9 Å². The fourth-order valence-corrected chi connectivity index (χ4v) is 2.59. The molecule has 0 spiro atoms. The number of nitrogens with zero attached hydrogens (tertiary/aromatic N) is 4. The molecule has 0 saturated carbocycles. The van der Waals surface area contributed by atoms with Gasteiger partial charge in [-0.05, 0) is 19.1 Å². The number of anilines is 1. The van der Waals surface area contributed by atoms with Crippen LogP contribution in [0.15, 0.2) is 29.1 Å². The molecule has 7 nitrogen and oxygen atoms in total. The molecule has 1 aliphatic rings. The number of ether oxygens (including phenoxy) is 1. The zero-order chi connectivity index (χ0) is 16.4. The Bertz CT molecular complexity index is 685. The number of aryl methyl sites for hydroxylation is 1. The largest absolute Gasteiger partial charge is 0.438 e. The number of pyridine rings is 1. The summed E-state index contributed by atoms with van der Waals surface area (Å²) in [5.41, 5.74) is 2.83. The molecule has 0 radical (unpaired) electrons. The summed E-state index contributed by atoms with van der Waals surface area (Å²) < 4.78 is 10.9. The molecular formula is C16H20N4O3. The van der Waals surface area contributed by atoms with Gasteiger partial charge in [0.1, 0.15) is 6.10 Å². The Morgan fingerprint density at radius 1 is 1.39 bits per heavy atom. The molecule has 1 unspecified atom stereocenters. The number of carbonyl (C=O) groups excluding carboxylic acids is 1. The molecule has 23 heavy (non-hydrogen) atoms. The standard InChI is InChI=1S/C16H20N4O3/c1-11-6-12(19(2)3)7-13(18-11)15-9-20(4-5-22-15)16(21)14-8-17-10-23-14/h6-8,10,15H,4-5,9H2,1-3H3. The van der Waals surface area contributed by atoms with Crippen LogP contribution in [0.1, 0.15) is 28.0 Å². The Labute approximate surface area is 134 Å². The number of morpholine rings is 1. The van der Waals surface area contributed by atoms with E-state index in [0.717, 1.165) is 17.1 Å². The molecule has 1 atom stereocenters. The molecule has 1 amide bonds. The maximum absolute atomic E-state index is 12.4. The Hall–Kier alpha value is -2.41. The van der Waals surface area contributed by atoms with Crippen LogP contribution in [-0.2, 0) is 4.74 Å². The lowest BCUT2D eigenvalue weighted by Crippen LogP contribution is -2.42. The van der Waals surface area contributed by atoms with E-state index in [2.05, 4.69) is 9.97 Å². The zero-order valence-corrected chi connectivity index (χ0v) is 13.5. The van der Waals surface area contributed by atoms with Crippen molar-refractivity contribution in [2.24, 2.45) is 0 Å². The zero-order valence-electron chi connectivity index (χ0n) is 13.5. The number of amides is 1. The van der Waals surface area contributed by atoms with Crippen LogP contribution in [0.5, 0.6) is 0 Å². The van der Waals surface area contributed by atoms with Crippen molar-refractivity contribution in [2.75, 3.05) is 38.7 Å². The predicted molar refractivity (Wildman–Crippen MR) is 84.4 cm³/mol. The highest BCUT2D eigenvalue weighted by atomic mass is 16.5. The molecule has 2 aromatic heterocycles. The van der Waals surface area contributed by atoms with Gasteiger partial charge in [-0.25, -0.2) is 4.98 Å². The third-order valence-electron chi connectivity index (χ3n) is 3.80. The summed E-state index contributed by atoms with van der Waals surface area (Å²) in [6, 6.07) is 4.02. The molecule has 0 bridgehead atoms. The van der Waals surface area contributed by atoms with Gasteiger partial charge in [0, 0.05) is 32.0 Å². The lowest BCUT2D eigenvalue weighted by molar-refractivity contribution is -0.0256. The lowest BCUT2D eigenvalue weighted by atomic mass is 10.1. The smallest absolute Gasteiger partial charge is 0.291 e. The maximum Gasteiger partial charge on any atom is 0.291 e. The number of carbonyl (C=O) groups is 1. The Kier molecular flexibility index (Phi) is 4.29. The SMILES string of the molecule is Cc1cc(N(C)C)cc(C2CN(C(=O)c3cnco3)CCO2)n1. The summed E-state index contributed by atoms with van der Waals surface area (Å²) in [7, 11) is 3.97. The molecule has 7 heteroatoms. The van der Waals surface area contributed by atoms with E-state index < -0.39 is 0 Å². The van der Waals surface area contributed by atoms with Crippen molar-refractivity contribution < 1.29 is 13.9 Å². The highest BCUT2D eigenvalue weighted by Gasteiger charge is 2.28. The fourth-order valence-electron chi connectivity index (χ4n) is 2.59. The first-order valence-corrected chi connectivity index (χ1v) is 7.50. The van der Waals surface area contributed by atoms with Gasteiger partial charge < -0.3 is 19.0 Å². The van der Waals surface area contributed by atoms with Crippen molar-refractivity contribution >= 4 is 11.6 Å². The molecule has 1 saturated heterocycles. The van der Waals surface area contributed by atoms with E-state index in [0.29, 0.717) is 19.7 Å². The molecule has 3 rings (SSSR count). The summed E-state index contributed by atoms with van der Waals surface area (Å²) in [5, 5.41) is 0. The minimum atomic E-state index is -0.241. The number of rotatable bonds is 3. The molecule has 2 aromatic rings. The van der Waals surface area contributed by atoms with Gasteiger partial charge in [0.05, 0.1) is 25.0 Å². The minimum Gasteiger partial charge on any atom is -0.438 e. The van der Waals surface area contributed by atoms with E-state index in [1.807, 2.05) is 38.1 Å². The first-order valence-electron chi connectivity index (χ1n) is 7.50. The molecule has 0 N–H and O–H groups in total. The first-order chi connectivity index (χ1) is 11.0. The molecular weight excluding hydrogens is 296 g/mol. The van der Waals surface area contributed by atoms with Gasteiger partial charge in [-0.15, -0.1) is 0 Å². The van der Waals surface area contributed by atoms with E-state index in [-0.39, 0.29) is 17.8 Å². The topological polar surface area (TPSA) is 71.7 Å². The van der Waals surface area contributed by atoms with Gasteiger partial charge in [-0.1, -0.05) is 0 Å². The highest BCUT2D eigenvalue weighted by Crippen LogP contribution is 2.25. The van der Waals surface area contributed by atoms with Gasteiger partial charge >= 0.3 is 0 Å². The van der Waals surface area contributed by atoms with Crippen LogP contribution in [0.3, 0.4) is 0 Å². The van der Waals surface area contributed by atoms with Crippen molar-refractivity contribution in [1.82, 2.24) is 14.9 Å². The van der Waals surface area contributed by atoms with Crippen molar-refractivity contribution in [3.8, 4) is 0 Å². The van der Waals surface area contributed by atoms with Gasteiger partial charge in [0.25, 0.3) is 5.91 Å². The van der Waals surface area contributed by atoms with Crippen LogP contribution in [0.25, 0.3) is 0 Å². The molecule has 3 heterocycles. The molecule has 0 aliphatic carbocycles. The lowest BCUT2D eigenvalue weighted by Gasteiger charge is -2.32. The summed E-state index contributed by atoms with van der Waals surface area (Å²) in [6.07, 6.45) is 2.45.